The summed E-state index contributed by atoms with van der Waals surface area (Å²) in [4.78, 5) is 4.53. The number of tetrazole rings is 1. The molecule has 0 aliphatic carbocycles. The van der Waals surface area contributed by atoms with E-state index in [4.69, 9.17) is 0 Å². The largest absolute Gasteiger partial charge is 0.367 e. The minimum Gasteiger partial charge on any atom is -0.367 e. The number of sulfone groups is 1. The number of rotatable bonds is 7. The minimum atomic E-state index is -3.61. The van der Waals surface area contributed by atoms with Crippen LogP contribution in [0, 0.1) is 18.7 Å². The Hall–Kier alpha value is -2.85. The third-order valence-corrected chi connectivity index (χ3v) is 7.60. The first-order valence-corrected chi connectivity index (χ1v) is 12.7. The lowest BCUT2D eigenvalue weighted by Gasteiger charge is -2.41. The number of hydrogen-bond donors (Lipinski definition) is 0. The van der Waals surface area contributed by atoms with E-state index in [1.807, 2.05) is 17.9 Å². The van der Waals surface area contributed by atoms with E-state index in [0.717, 1.165) is 5.56 Å². The van der Waals surface area contributed by atoms with Gasteiger partial charge in [-0.25, -0.2) is 17.5 Å². The van der Waals surface area contributed by atoms with Crippen LogP contribution in [0.3, 0.4) is 0 Å². The number of benzene rings is 2. The summed E-state index contributed by atoms with van der Waals surface area (Å²) in [6.07, 6.45) is 0. The van der Waals surface area contributed by atoms with Crippen molar-refractivity contribution in [3.8, 4) is 0 Å². The van der Waals surface area contributed by atoms with Gasteiger partial charge in [-0.2, -0.15) is 0 Å². The lowest BCUT2D eigenvalue weighted by atomic mass is 10.0. The second kappa shape index (κ2) is 9.56. The molecule has 1 aliphatic rings. The molecular formula is C23H29FN6O2S. The third kappa shape index (κ3) is 5.06. The van der Waals surface area contributed by atoms with Gasteiger partial charge in [0.1, 0.15) is 5.82 Å². The zero-order valence-electron chi connectivity index (χ0n) is 19.1. The van der Waals surface area contributed by atoms with Gasteiger partial charge in [-0.1, -0.05) is 43.7 Å². The summed E-state index contributed by atoms with van der Waals surface area (Å²) in [5.41, 5.74) is 1.60. The molecule has 0 N–H and O–H groups in total. The van der Waals surface area contributed by atoms with Crippen molar-refractivity contribution in [3.05, 3.63) is 65.7 Å². The number of anilines is 1. The molecule has 33 heavy (non-hydrogen) atoms. The molecule has 4 rings (SSSR count). The van der Waals surface area contributed by atoms with Gasteiger partial charge in [0.15, 0.2) is 21.5 Å². The van der Waals surface area contributed by atoms with Crippen LogP contribution in [0.15, 0.2) is 53.4 Å². The van der Waals surface area contributed by atoms with Crippen molar-refractivity contribution in [3.63, 3.8) is 0 Å². The number of hydrogen-bond acceptors (Lipinski definition) is 7. The second-order valence-electron chi connectivity index (χ2n) is 8.76. The van der Waals surface area contributed by atoms with Crippen LogP contribution >= 0.6 is 0 Å². The van der Waals surface area contributed by atoms with E-state index in [9.17, 15) is 12.8 Å². The van der Waals surface area contributed by atoms with Crippen molar-refractivity contribution in [2.24, 2.45) is 5.92 Å². The molecule has 3 aromatic rings. The first-order chi connectivity index (χ1) is 15.8. The Bertz CT molecular complexity index is 1190. The molecule has 0 radical (unpaired) electrons. The fourth-order valence-corrected chi connectivity index (χ4v) is 5.53. The van der Waals surface area contributed by atoms with Crippen LogP contribution < -0.4 is 4.90 Å². The summed E-state index contributed by atoms with van der Waals surface area (Å²) in [7, 11) is -3.61. The zero-order valence-corrected chi connectivity index (χ0v) is 19.9. The molecule has 0 amide bonds. The Morgan fingerprint density at radius 3 is 2.30 bits per heavy atom. The highest BCUT2D eigenvalue weighted by atomic mass is 32.2. The van der Waals surface area contributed by atoms with E-state index in [-0.39, 0.29) is 28.5 Å². The maximum atomic E-state index is 14.2. The van der Waals surface area contributed by atoms with Gasteiger partial charge in [-0.3, -0.25) is 4.90 Å². The van der Waals surface area contributed by atoms with Crippen LogP contribution in [-0.4, -0.2) is 59.7 Å². The highest BCUT2D eigenvalue weighted by Crippen LogP contribution is 2.30. The SMILES string of the molecule is Cc1ccc(S(=O)(=O)Cn2nnnc2[C@@H](C(C)C)N2CCN(c3ccccc3F)CC2)cc1. The number of para-hydroxylation sites is 1. The Morgan fingerprint density at radius 1 is 1.00 bits per heavy atom. The van der Waals surface area contributed by atoms with Gasteiger partial charge in [0.05, 0.1) is 16.6 Å². The van der Waals surface area contributed by atoms with Gasteiger partial charge in [-0.15, -0.1) is 5.10 Å². The van der Waals surface area contributed by atoms with Crippen LogP contribution in [0.1, 0.15) is 31.3 Å². The van der Waals surface area contributed by atoms with Gasteiger partial charge in [0, 0.05) is 26.2 Å². The lowest BCUT2D eigenvalue weighted by Crippen LogP contribution is -2.49. The Kier molecular flexibility index (Phi) is 6.76. The average molecular weight is 473 g/mol. The summed E-state index contributed by atoms with van der Waals surface area (Å²) >= 11 is 0. The average Bonchev–Trinajstić information content (AvgIpc) is 3.21. The molecule has 176 valence electrons. The monoisotopic (exact) mass is 472 g/mol. The van der Waals surface area contributed by atoms with Crippen molar-refractivity contribution in [2.75, 3.05) is 31.1 Å². The molecule has 10 heteroatoms. The predicted molar refractivity (Wildman–Crippen MR) is 124 cm³/mol. The quantitative estimate of drug-likeness (QED) is 0.522. The van der Waals surface area contributed by atoms with Crippen LogP contribution in [0.2, 0.25) is 0 Å². The maximum absolute atomic E-state index is 14.2. The summed E-state index contributed by atoms with van der Waals surface area (Å²) in [6, 6.07) is 13.4. The van der Waals surface area contributed by atoms with E-state index in [1.54, 1.807) is 36.4 Å². The molecule has 0 bridgehead atoms. The number of aryl methyl sites for hydroxylation is 1. The highest BCUT2D eigenvalue weighted by Gasteiger charge is 2.33. The van der Waals surface area contributed by atoms with Gasteiger partial charge < -0.3 is 4.90 Å². The van der Waals surface area contributed by atoms with Crippen molar-refractivity contribution < 1.29 is 12.8 Å². The molecule has 0 unspecified atom stereocenters. The van der Waals surface area contributed by atoms with E-state index in [0.29, 0.717) is 37.7 Å². The zero-order chi connectivity index (χ0) is 23.6. The Labute approximate surface area is 193 Å². The molecule has 0 saturated carbocycles. The molecule has 1 aromatic heterocycles. The molecule has 1 atom stereocenters. The number of nitrogens with zero attached hydrogens (tertiary/aromatic N) is 6. The first-order valence-electron chi connectivity index (χ1n) is 11.1. The van der Waals surface area contributed by atoms with Gasteiger partial charge in [0.2, 0.25) is 0 Å². The molecule has 0 spiro atoms. The second-order valence-corrected chi connectivity index (χ2v) is 10.7. The van der Waals surface area contributed by atoms with Crippen LogP contribution in [0.4, 0.5) is 10.1 Å². The van der Waals surface area contributed by atoms with Crippen LogP contribution in [0.5, 0.6) is 0 Å². The van der Waals surface area contributed by atoms with Gasteiger partial charge in [0.25, 0.3) is 0 Å². The summed E-state index contributed by atoms with van der Waals surface area (Å²) in [5.74, 6) is 0.130. The molecular weight excluding hydrogens is 443 g/mol. The molecule has 1 saturated heterocycles. The van der Waals surface area contributed by atoms with Crippen molar-refractivity contribution in [2.45, 2.75) is 37.6 Å². The summed E-state index contributed by atoms with van der Waals surface area (Å²) in [6.45, 7) is 8.75. The molecule has 8 nitrogen and oxygen atoms in total. The summed E-state index contributed by atoms with van der Waals surface area (Å²) < 4.78 is 41.6. The predicted octanol–water partition coefficient (Wildman–Crippen LogP) is 3.07. The fourth-order valence-electron chi connectivity index (χ4n) is 4.33. The highest BCUT2D eigenvalue weighted by molar-refractivity contribution is 7.90. The van der Waals surface area contributed by atoms with Crippen LogP contribution in [-0.2, 0) is 15.7 Å². The Balaban J connectivity index is 1.53. The summed E-state index contributed by atoms with van der Waals surface area (Å²) in [5, 5.41) is 12.0. The van der Waals surface area contributed by atoms with E-state index < -0.39 is 9.84 Å². The van der Waals surface area contributed by atoms with Crippen molar-refractivity contribution >= 4 is 15.5 Å². The normalized spacial score (nSPS) is 16.3. The van der Waals surface area contributed by atoms with Gasteiger partial charge >= 0.3 is 0 Å². The third-order valence-electron chi connectivity index (χ3n) is 6.03. The standard InChI is InChI=1S/C23H29FN6O2S/c1-17(2)22(29-14-12-28(13-15-29)21-7-5-4-6-20(21)24)23-25-26-27-30(23)16-33(31,32)19-10-8-18(3)9-11-19/h4-11,17,22H,12-16H2,1-3H3/t22-/m1/s1. The van der Waals surface area contributed by atoms with Crippen LogP contribution in [0.25, 0.3) is 0 Å². The molecule has 1 fully saturated rings. The van der Waals surface area contributed by atoms with Crippen molar-refractivity contribution in [1.29, 1.82) is 0 Å². The van der Waals surface area contributed by atoms with E-state index in [1.165, 1.54) is 10.7 Å². The maximum Gasteiger partial charge on any atom is 0.198 e. The topological polar surface area (TPSA) is 84.2 Å². The fraction of sp³-hybridized carbons (Fsp3) is 0.435. The van der Waals surface area contributed by atoms with E-state index >= 15 is 0 Å². The number of aromatic nitrogens is 4. The van der Waals surface area contributed by atoms with Gasteiger partial charge in [-0.05, 0) is 47.5 Å². The smallest absolute Gasteiger partial charge is 0.198 e. The minimum absolute atomic E-state index is 0.150. The first kappa shape index (κ1) is 23.3. The molecule has 2 aromatic carbocycles. The lowest BCUT2D eigenvalue weighted by molar-refractivity contribution is 0.135. The molecule has 2 heterocycles. The molecule has 1 aliphatic heterocycles. The van der Waals surface area contributed by atoms with Crippen molar-refractivity contribution in [1.82, 2.24) is 25.1 Å². The Morgan fingerprint density at radius 2 is 1.67 bits per heavy atom. The number of halogens is 1. The van der Waals surface area contributed by atoms with E-state index in [2.05, 4.69) is 34.3 Å². The number of piperazine rings is 1.